The Kier molecular flexibility index (Phi) is 22.0. The molecule has 1 aromatic rings. The molecule has 5 amide bonds. The van der Waals surface area contributed by atoms with Gasteiger partial charge in [0, 0.05) is 25.3 Å². The molecule has 1 radical (unpaired) electrons. The van der Waals surface area contributed by atoms with Gasteiger partial charge in [0.05, 0.1) is 12.5 Å². The van der Waals surface area contributed by atoms with Gasteiger partial charge < -0.3 is 59.5 Å². The van der Waals surface area contributed by atoms with Gasteiger partial charge in [-0.1, -0.05) is 43.7 Å². The number of rotatable bonds is 26. The third-order valence-electron chi connectivity index (χ3n) is 7.73. The fraction of sp³-hybridized carbons (Fsp3) is 0.545. The smallest absolute Gasteiger partial charge is 0.305 e. The Labute approximate surface area is 319 Å². The largest absolute Gasteiger partial charge is 0.481 e. The summed E-state index contributed by atoms with van der Waals surface area (Å²) in [5.41, 5.74) is 17.0. The van der Waals surface area contributed by atoms with Gasteiger partial charge >= 0.3 is 5.97 Å². The van der Waals surface area contributed by atoms with Gasteiger partial charge in [0.25, 0.3) is 0 Å². The molecule has 54 heavy (non-hydrogen) atoms. The lowest BCUT2D eigenvalue weighted by Gasteiger charge is -2.27. The van der Waals surface area contributed by atoms with Crippen LogP contribution < -0.4 is 54.4 Å². The van der Waals surface area contributed by atoms with Crippen LogP contribution in [0.25, 0.3) is 0 Å². The standard InChI is InChI=1S/C33H53N12O8S/c1-2-8-22(43-30(52)24(12-7-14-40-33(37)38)42-27(49)21(34)16-26(47)48)29(51)45-25(15-19-9-4-3-5-10-19)31(53)44-23(11-6-13-39-32(35)36)28(50)41-20(17-46)18-54/h3-5,9-10,20-25,54H,2,6-8,11-16,18,34H2,1H3,(H,41,50)(H,42,49)(H,43,52)(H,44,53)(H,45,51)(H,47,48)(H4,35,36,39)(H4,37,38,40)/t20-,21+,22+,23+,24+,25+/m1/s1. The summed E-state index contributed by atoms with van der Waals surface area (Å²) in [6, 6.07) is 1.28. The zero-order valence-electron chi connectivity index (χ0n) is 30.1. The minimum absolute atomic E-state index is 0.00151. The van der Waals surface area contributed by atoms with Gasteiger partial charge in [-0.3, -0.25) is 44.4 Å². The van der Waals surface area contributed by atoms with Crippen LogP contribution >= 0.6 is 12.6 Å². The minimum Gasteiger partial charge on any atom is -0.481 e. The number of aliphatic carboxylic acids is 1. The summed E-state index contributed by atoms with van der Waals surface area (Å²) in [7, 11) is 0. The molecule has 0 spiro atoms. The Morgan fingerprint density at radius 1 is 0.741 bits per heavy atom. The number of nitrogens with one attached hydrogen (secondary N) is 9. The monoisotopic (exact) mass is 777 g/mol. The van der Waals surface area contributed by atoms with Crippen molar-refractivity contribution in [1.82, 2.24) is 37.2 Å². The van der Waals surface area contributed by atoms with Gasteiger partial charge in [-0.05, 0) is 37.7 Å². The van der Waals surface area contributed by atoms with E-state index in [1.54, 1.807) is 43.5 Å². The molecule has 1 rings (SSSR count). The van der Waals surface area contributed by atoms with Crippen LogP contribution in [0.1, 0.15) is 57.4 Å². The number of hydrogen-bond donors (Lipinski definition) is 14. The molecule has 299 valence electrons. The first-order valence-corrected chi connectivity index (χ1v) is 17.9. The van der Waals surface area contributed by atoms with Crippen LogP contribution in [0, 0.1) is 10.8 Å². The highest BCUT2D eigenvalue weighted by Crippen LogP contribution is 2.09. The molecule has 0 aliphatic rings. The first-order chi connectivity index (χ1) is 25.6. The molecular weight excluding hydrogens is 725 g/mol. The second-order valence-electron chi connectivity index (χ2n) is 12.3. The molecule has 16 N–H and O–H groups in total. The zero-order valence-corrected chi connectivity index (χ0v) is 31.0. The van der Waals surface area contributed by atoms with Crippen LogP contribution in [0.4, 0.5) is 0 Å². The second-order valence-corrected chi connectivity index (χ2v) is 12.6. The third kappa shape index (κ3) is 18.9. The number of carbonyl (C=O) groups is 6. The van der Waals surface area contributed by atoms with Crippen LogP contribution in [0.15, 0.2) is 30.3 Å². The van der Waals surface area contributed by atoms with E-state index in [-0.39, 0.29) is 69.3 Å². The van der Waals surface area contributed by atoms with Gasteiger partial charge in [-0.25, -0.2) is 0 Å². The van der Waals surface area contributed by atoms with E-state index in [1.165, 1.54) is 0 Å². The lowest BCUT2D eigenvalue weighted by molar-refractivity contribution is -0.140. The van der Waals surface area contributed by atoms with E-state index in [4.69, 9.17) is 33.1 Å². The molecule has 20 nitrogen and oxygen atoms in total. The van der Waals surface area contributed by atoms with Gasteiger partial charge in [-0.15, -0.1) is 0 Å². The Morgan fingerprint density at radius 3 is 1.63 bits per heavy atom. The van der Waals surface area contributed by atoms with E-state index in [0.29, 0.717) is 12.0 Å². The highest BCUT2D eigenvalue weighted by molar-refractivity contribution is 7.80. The van der Waals surface area contributed by atoms with E-state index < -0.39 is 78.2 Å². The van der Waals surface area contributed by atoms with E-state index >= 15 is 0 Å². The average Bonchev–Trinajstić information content (AvgIpc) is 3.12. The minimum atomic E-state index is -1.46. The van der Waals surface area contributed by atoms with Gasteiger partial charge in [-0.2, -0.15) is 12.6 Å². The first kappa shape index (κ1) is 46.6. The van der Waals surface area contributed by atoms with Crippen molar-refractivity contribution < 1.29 is 38.7 Å². The van der Waals surface area contributed by atoms with Crippen molar-refractivity contribution in [3.8, 4) is 0 Å². The maximum absolute atomic E-state index is 13.8. The number of thiol groups is 1. The van der Waals surface area contributed by atoms with Crippen molar-refractivity contribution in [3.63, 3.8) is 0 Å². The molecule has 0 unspecified atom stereocenters. The molecule has 0 saturated carbocycles. The summed E-state index contributed by atoms with van der Waals surface area (Å²) in [6.07, 6.45) is 2.03. The van der Waals surface area contributed by atoms with Crippen molar-refractivity contribution in [2.45, 2.75) is 94.5 Å². The van der Waals surface area contributed by atoms with Crippen LogP contribution in [0.3, 0.4) is 0 Å². The molecule has 0 heterocycles. The summed E-state index contributed by atoms with van der Waals surface area (Å²) in [5.74, 6) is -5.86. The van der Waals surface area contributed by atoms with Gasteiger partial charge in [0.1, 0.15) is 30.2 Å². The predicted molar refractivity (Wildman–Crippen MR) is 203 cm³/mol. The van der Waals surface area contributed by atoms with E-state index in [1.807, 2.05) is 0 Å². The number of guanidine groups is 2. The lowest BCUT2D eigenvalue weighted by atomic mass is 10.0. The predicted octanol–water partition coefficient (Wildman–Crippen LogP) is -3.18. The van der Waals surface area contributed by atoms with Crippen molar-refractivity contribution in [2.24, 2.45) is 17.2 Å². The SMILES string of the molecule is CCC[C@H](NC(=O)[C@H](CCCNC(=N)N)NC(=O)[C@@H](N)CC(=O)O)C(=O)N[C@@H](Cc1ccccc1)C(=O)N[C@@H](CCCNC(=N)N)C(=O)N[C@H]([C]=O)CS. The van der Waals surface area contributed by atoms with Crippen LogP contribution in [-0.2, 0) is 40.0 Å². The van der Waals surface area contributed by atoms with Crippen molar-refractivity contribution in [2.75, 3.05) is 18.8 Å². The summed E-state index contributed by atoms with van der Waals surface area (Å²) in [5, 5.41) is 41.7. The quantitative estimate of drug-likeness (QED) is 0.0191. The number of carboxylic acid groups (broad SMARTS) is 1. The van der Waals surface area contributed by atoms with Crippen molar-refractivity contribution in [1.29, 1.82) is 10.8 Å². The van der Waals surface area contributed by atoms with Crippen molar-refractivity contribution in [3.05, 3.63) is 35.9 Å². The maximum Gasteiger partial charge on any atom is 0.305 e. The molecule has 1 aromatic carbocycles. The Morgan fingerprint density at radius 2 is 1.19 bits per heavy atom. The molecule has 6 atom stereocenters. The summed E-state index contributed by atoms with van der Waals surface area (Å²) < 4.78 is 0. The van der Waals surface area contributed by atoms with Crippen molar-refractivity contribution >= 4 is 66.3 Å². The Hall–Kier alpha value is -5.44. The average molecular weight is 778 g/mol. The van der Waals surface area contributed by atoms with E-state index in [2.05, 4.69) is 49.8 Å². The highest BCUT2D eigenvalue weighted by Gasteiger charge is 2.32. The first-order valence-electron chi connectivity index (χ1n) is 17.3. The molecule has 0 saturated heterocycles. The summed E-state index contributed by atoms with van der Waals surface area (Å²) in [6.45, 7) is 2.13. The number of nitrogens with two attached hydrogens (primary N) is 3. The van der Waals surface area contributed by atoms with E-state index in [0.717, 1.165) is 0 Å². The normalized spacial score (nSPS) is 14.0. The van der Waals surface area contributed by atoms with Crippen LogP contribution in [-0.4, -0.2) is 114 Å². The number of benzene rings is 1. The summed E-state index contributed by atoms with van der Waals surface area (Å²) in [4.78, 5) is 89.4. The van der Waals surface area contributed by atoms with Crippen LogP contribution in [0.5, 0.6) is 0 Å². The summed E-state index contributed by atoms with van der Waals surface area (Å²) >= 11 is 4.03. The highest BCUT2D eigenvalue weighted by atomic mass is 32.1. The third-order valence-corrected chi connectivity index (χ3v) is 8.10. The van der Waals surface area contributed by atoms with E-state index in [9.17, 15) is 33.6 Å². The molecular formula is C33H53N12O8S. The molecule has 0 fully saturated rings. The maximum atomic E-state index is 13.8. The fourth-order valence-corrected chi connectivity index (χ4v) is 5.14. The molecule has 0 aliphatic heterocycles. The zero-order chi connectivity index (χ0) is 40.6. The van der Waals surface area contributed by atoms with Gasteiger partial charge in [0.2, 0.25) is 35.8 Å². The Bertz CT molecular complexity index is 1440. The molecule has 0 bridgehead atoms. The number of carboxylic acids is 1. The Balaban J connectivity index is 3.32. The molecule has 0 aromatic heterocycles. The van der Waals surface area contributed by atoms with Gasteiger partial charge in [0.15, 0.2) is 11.9 Å². The number of hydrogen-bond acceptors (Lipinski definition) is 11. The second kappa shape index (κ2) is 25.5. The number of amides is 5. The fourth-order valence-electron chi connectivity index (χ4n) is 4.97. The lowest BCUT2D eigenvalue weighted by Crippen LogP contribution is -2.59. The van der Waals surface area contributed by atoms with Crippen LogP contribution in [0.2, 0.25) is 0 Å². The molecule has 0 aliphatic carbocycles. The number of carbonyl (C=O) groups excluding carboxylic acids is 6. The topological polar surface area (TPSA) is 350 Å². The molecule has 21 heteroatoms.